The quantitative estimate of drug-likeness (QED) is 0.209. The van der Waals surface area contributed by atoms with Crippen molar-refractivity contribution < 1.29 is 21.6 Å². The molecule has 0 fully saturated rings. The number of hydrogen-bond donors (Lipinski definition) is 0. The Balaban J connectivity index is 1.77. The van der Waals surface area contributed by atoms with Crippen LogP contribution in [0.5, 0.6) is 0 Å². The predicted molar refractivity (Wildman–Crippen MR) is 156 cm³/mol. The fraction of sp³-hybridized carbons (Fsp3) is 0.0968. The van der Waals surface area contributed by atoms with Crippen molar-refractivity contribution in [3.8, 4) is 32.0 Å². The number of sulfone groups is 1. The van der Waals surface area contributed by atoms with Crippen molar-refractivity contribution in [3.63, 3.8) is 0 Å². The third-order valence-electron chi connectivity index (χ3n) is 6.92. The van der Waals surface area contributed by atoms with Crippen LogP contribution in [-0.4, -0.2) is 13.9 Å². The largest absolute Gasteiger partial charge is 0.501 e. The van der Waals surface area contributed by atoms with Gasteiger partial charge in [-0.25, -0.2) is 8.42 Å². The maximum atomic E-state index is 14.0. The van der Waals surface area contributed by atoms with Crippen molar-refractivity contribution in [1.29, 1.82) is 0 Å². The molecule has 0 saturated heterocycles. The second kappa shape index (κ2) is 9.33. The molecule has 0 amide bonds. The SMILES string of the molecule is Cc1sc(-c2ccccc2)c(C)c1-c1sc2ccccc2c1-c1c(S(=O)(=O)C(F)(F)F)ccc2ccccc12. The normalized spacial score (nSPS) is 12.4. The van der Waals surface area contributed by atoms with E-state index >= 15 is 0 Å². The molecule has 0 spiro atoms. The fourth-order valence-corrected chi connectivity index (χ4v) is 8.76. The number of halogens is 3. The summed E-state index contributed by atoms with van der Waals surface area (Å²) in [5.74, 6) is 0. The summed E-state index contributed by atoms with van der Waals surface area (Å²) >= 11 is 3.10. The first-order valence-corrected chi connectivity index (χ1v) is 15.2. The molecule has 0 aliphatic carbocycles. The van der Waals surface area contributed by atoms with E-state index in [9.17, 15) is 21.6 Å². The molecule has 2 aromatic heterocycles. The number of benzene rings is 4. The zero-order chi connectivity index (χ0) is 27.5. The number of rotatable bonds is 4. The molecule has 6 aromatic rings. The first-order chi connectivity index (χ1) is 18.6. The average Bonchev–Trinajstić information content (AvgIpc) is 3.43. The lowest BCUT2D eigenvalue weighted by molar-refractivity contribution is -0.0435. The molecular weight excluding hydrogens is 558 g/mol. The topological polar surface area (TPSA) is 34.1 Å². The molecule has 0 saturated carbocycles. The van der Waals surface area contributed by atoms with Crippen LogP contribution in [0.3, 0.4) is 0 Å². The van der Waals surface area contributed by atoms with Crippen LogP contribution < -0.4 is 0 Å². The Bertz CT molecular complexity index is 1980. The van der Waals surface area contributed by atoms with E-state index in [-0.39, 0.29) is 5.56 Å². The van der Waals surface area contributed by atoms with Gasteiger partial charge in [0.1, 0.15) is 0 Å². The van der Waals surface area contributed by atoms with Gasteiger partial charge in [0.2, 0.25) is 0 Å². The van der Waals surface area contributed by atoms with Gasteiger partial charge in [0.05, 0.1) is 4.90 Å². The van der Waals surface area contributed by atoms with Gasteiger partial charge in [-0.2, -0.15) is 13.2 Å². The highest BCUT2D eigenvalue weighted by Gasteiger charge is 2.48. The summed E-state index contributed by atoms with van der Waals surface area (Å²) in [4.78, 5) is 2.12. The van der Waals surface area contributed by atoms with E-state index in [1.54, 1.807) is 35.6 Å². The Morgan fingerprint density at radius 2 is 1.28 bits per heavy atom. The Kier molecular flexibility index (Phi) is 6.17. The van der Waals surface area contributed by atoms with Crippen LogP contribution in [0.4, 0.5) is 13.2 Å². The highest BCUT2D eigenvalue weighted by molar-refractivity contribution is 7.92. The van der Waals surface area contributed by atoms with E-state index in [1.807, 2.05) is 68.4 Å². The number of hydrogen-bond acceptors (Lipinski definition) is 4. The van der Waals surface area contributed by atoms with Crippen LogP contribution in [0.25, 0.3) is 52.9 Å². The van der Waals surface area contributed by atoms with Crippen molar-refractivity contribution >= 4 is 53.4 Å². The minimum atomic E-state index is -5.64. The molecule has 6 rings (SSSR count). The summed E-state index contributed by atoms with van der Waals surface area (Å²) in [5, 5.41) is 1.85. The highest BCUT2D eigenvalue weighted by Crippen LogP contribution is 2.53. The maximum absolute atomic E-state index is 14.0. The fourth-order valence-electron chi connectivity index (χ4n) is 5.18. The first kappa shape index (κ1) is 25.8. The molecule has 0 N–H and O–H groups in total. The van der Waals surface area contributed by atoms with Gasteiger partial charge in [-0.1, -0.05) is 78.9 Å². The molecule has 0 radical (unpaired) electrons. The van der Waals surface area contributed by atoms with E-state index in [0.29, 0.717) is 16.3 Å². The van der Waals surface area contributed by atoms with Crippen molar-refractivity contribution in [2.45, 2.75) is 24.3 Å². The predicted octanol–water partition coefficient (Wildman–Crippen LogP) is 10.0. The number of thiophene rings is 2. The Hall–Kier alpha value is -3.46. The lowest BCUT2D eigenvalue weighted by Gasteiger charge is -2.17. The van der Waals surface area contributed by atoms with Gasteiger partial charge in [-0.3, -0.25) is 0 Å². The maximum Gasteiger partial charge on any atom is 0.501 e. The number of fused-ring (bicyclic) bond motifs is 2. The number of alkyl halides is 3. The molecule has 0 bridgehead atoms. The highest BCUT2D eigenvalue weighted by atomic mass is 32.2. The van der Waals surface area contributed by atoms with E-state index in [4.69, 9.17) is 0 Å². The van der Waals surface area contributed by atoms with Crippen LogP contribution in [0, 0.1) is 13.8 Å². The summed E-state index contributed by atoms with van der Waals surface area (Å²) in [6.07, 6.45) is 0. The van der Waals surface area contributed by atoms with Crippen LogP contribution in [0.1, 0.15) is 10.4 Å². The first-order valence-electron chi connectivity index (χ1n) is 12.1. The summed E-state index contributed by atoms with van der Waals surface area (Å²) in [5.41, 5.74) is -1.84. The van der Waals surface area contributed by atoms with E-state index in [0.717, 1.165) is 47.5 Å². The zero-order valence-corrected chi connectivity index (χ0v) is 23.3. The van der Waals surface area contributed by atoms with Gasteiger partial charge in [0.25, 0.3) is 9.84 Å². The van der Waals surface area contributed by atoms with Crippen LogP contribution in [0.2, 0.25) is 0 Å². The molecule has 2 heterocycles. The third-order valence-corrected chi connectivity index (χ3v) is 10.9. The standard InChI is InChI=1S/C31H21F3O2S3/c1-18-26(19(2)37-29(18)21-11-4-3-5-12-21)30-28(23-14-8-9-15-24(23)38-30)27-22-13-7-6-10-20(22)16-17-25(27)39(35,36)31(32,33)34/h3-17H,1-2H3. The minimum Gasteiger partial charge on any atom is -0.214 e. The summed E-state index contributed by atoms with van der Waals surface area (Å²) in [7, 11) is -5.64. The lowest BCUT2D eigenvalue weighted by Crippen LogP contribution is -2.24. The van der Waals surface area contributed by atoms with E-state index in [1.165, 1.54) is 17.4 Å². The zero-order valence-electron chi connectivity index (χ0n) is 20.8. The molecule has 196 valence electrons. The monoisotopic (exact) mass is 578 g/mol. The molecule has 0 unspecified atom stereocenters. The third kappa shape index (κ3) is 4.09. The van der Waals surface area contributed by atoms with E-state index < -0.39 is 20.2 Å². The average molecular weight is 579 g/mol. The minimum absolute atomic E-state index is 0.0872. The van der Waals surface area contributed by atoms with Crippen molar-refractivity contribution in [3.05, 3.63) is 101 Å². The van der Waals surface area contributed by atoms with Crippen molar-refractivity contribution in [2.24, 2.45) is 0 Å². The molecule has 8 heteroatoms. The molecular formula is C31H21F3O2S3. The lowest BCUT2D eigenvalue weighted by atomic mass is 9.93. The Morgan fingerprint density at radius 1 is 0.641 bits per heavy atom. The molecule has 2 nitrogen and oxygen atoms in total. The Labute approximate surface area is 231 Å². The van der Waals surface area contributed by atoms with Gasteiger partial charge in [-0.05, 0) is 47.9 Å². The molecule has 0 aliphatic heterocycles. The van der Waals surface area contributed by atoms with Gasteiger partial charge in [0.15, 0.2) is 0 Å². The van der Waals surface area contributed by atoms with Gasteiger partial charge in [-0.15, -0.1) is 22.7 Å². The number of aryl methyl sites for hydroxylation is 1. The van der Waals surface area contributed by atoms with Crippen LogP contribution in [-0.2, 0) is 9.84 Å². The molecule has 0 atom stereocenters. The second-order valence-corrected chi connectivity index (χ2v) is 13.5. The van der Waals surface area contributed by atoms with Crippen LogP contribution in [0.15, 0.2) is 95.9 Å². The van der Waals surface area contributed by atoms with Gasteiger partial charge < -0.3 is 0 Å². The molecule has 0 aliphatic rings. The van der Waals surface area contributed by atoms with E-state index in [2.05, 4.69) is 0 Å². The van der Waals surface area contributed by atoms with Gasteiger partial charge >= 0.3 is 5.51 Å². The van der Waals surface area contributed by atoms with Crippen molar-refractivity contribution in [2.75, 3.05) is 0 Å². The summed E-state index contributed by atoms with van der Waals surface area (Å²) < 4.78 is 68.9. The second-order valence-electron chi connectivity index (χ2n) is 9.26. The smallest absolute Gasteiger partial charge is 0.214 e. The Morgan fingerprint density at radius 3 is 2.00 bits per heavy atom. The molecule has 4 aromatic carbocycles. The van der Waals surface area contributed by atoms with Crippen molar-refractivity contribution in [1.82, 2.24) is 0 Å². The molecule has 39 heavy (non-hydrogen) atoms. The van der Waals surface area contributed by atoms with Crippen LogP contribution >= 0.6 is 22.7 Å². The summed E-state index contributed by atoms with van der Waals surface area (Å²) in [6.45, 7) is 4.02. The summed E-state index contributed by atoms with van der Waals surface area (Å²) in [6, 6.07) is 27.0. The van der Waals surface area contributed by atoms with Gasteiger partial charge in [0, 0.05) is 41.4 Å².